The van der Waals surface area contributed by atoms with E-state index in [9.17, 15) is 9.59 Å². The van der Waals surface area contributed by atoms with Crippen LogP contribution in [0, 0.1) is 0 Å². The fourth-order valence-electron chi connectivity index (χ4n) is 1.75. The Bertz CT molecular complexity index is 735. The second kappa shape index (κ2) is 8.07. The Morgan fingerprint density at radius 3 is 2.67 bits per heavy atom. The summed E-state index contributed by atoms with van der Waals surface area (Å²) in [6.07, 6.45) is 0. The van der Waals surface area contributed by atoms with Crippen molar-refractivity contribution in [3.8, 4) is 16.3 Å². The number of rotatable bonds is 6. The van der Waals surface area contributed by atoms with E-state index in [1.165, 1.54) is 18.3 Å². The highest BCUT2D eigenvalue weighted by atomic mass is 35.5. The maximum atomic E-state index is 12.1. The summed E-state index contributed by atoms with van der Waals surface area (Å²) in [5, 5.41) is 13.4. The number of methoxy groups -OCH3 is 1. The van der Waals surface area contributed by atoms with Gasteiger partial charge in [-0.15, -0.1) is 21.8 Å². The van der Waals surface area contributed by atoms with Crippen molar-refractivity contribution in [3.05, 3.63) is 24.3 Å². The van der Waals surface area contributed by atoms with E-state index in [4.69, 9.17) is 16.3 Å². The molecule has 24 heavy (non-hydrogen) atoms. The lowest BCUT2D eigenvalue weighted by Crippen LogP contribution is -2.44. The molecule has 0 aliphatic rings. The molecule has 0 fully saturated rings. The first-order valence-corrected chi connectivity index (χ1v) is 8.39. The van der Waals surface area contributed by atoms with Crippen LogP contribution < -0.4 is 15.4 Å². The minimum atomic E-state index is -0.733. The van der Waals surface area contributed by atoms with E-state index in [0.717, 1.165) is 5.56 Å². The SMILES string of the molecule is COc1cccc(-c2nnc(NC(=O)C(C)NC(=O)C(C)Cl)s2)c1. The van der Waals surface area contributed by atoms with Crippen molar-refractivity contribution in [3.63, 3.8) is 0 Å². The van der Waals surface area contributed by atoms with Crippen LogP contribution in [0.1, 0.15) is 13.8 Å². The number of ether oxygens (including phenoxy) is 1. The molecular formula is C15H17ClN4O3S. The van der Waals surface area contributed by atoms with Crippen LogP contribution in [0.15, 0.2) is 24.3 Å². The van der Waals surface area contributed by atoms with Gasteiger partial charge in [0.1, 0.15) is 22.2 Å². The molecule has 9 heteroatoms. The van der Waals surface area contributed by atoms with Gasteiger partial charge in [0, 0.05) is 5.56 Å². The number of amides is 2. The third-order valence-electron chi connectivity index (χ3n) is 3.09. The second-order valence-corrected chi connectivity index (χ2v) is 6.61. The van der Waals surface area contributed by atoms with E-state index in [2.05, 4.69) is 20.8 Å². The van der Waals surface area contributed by atoms with Crippen LogP contribution in [0.3, 0.4) is 0 Å². The summed E-state index contributed by atoms with van der Waals surface area (Å²) in [5.74, 6) is -0.0949. The fourth-order valence-corrected chi connectivity index (χ4v) is 2.56. The lowest BCUT2D eigenvalue weighted by atomic mass is 10.2. The van der Waals surface area contributed by atoms with Crippen LogP contribution in [0.2, 0.25) is 0 Å². The van der Waals surface area contributed by atoms with Crippen LogP contribution in [-0.2, 0) is 9.59 Å². The van der Waals surface area contributed by atoms with Crippen molar-refractivity contribution >= 4 is 39.9 Å². The molecule has 2 aromatic rings. The molecule has 0 saturated heterocycles. The molecule has 1 aromatic heterocycles. The van der Waals surface area contributed by atoms with Gasteiger partial charge in [-0.2, -0.15) is 0 Å². The molecular weight excluding hydrogens is 352 g/mol. The molecule has 0 bridgehead atoms. The first-order chi connectivity index (χ1) is 11.4. The van der Waals surface area contributed by atoms with Gasteiger partial charge in [0.25, 0.3) is 0 Å². The van der Waals surface area contributed by atoms with Crippen molar-refractivity contribution in [2.45, 2.75) is 25.3 Å². The summed E-state index contributed by atoms with van der Waals surface area (Å²) in [6, 6.07) is 6.65. The first-order valence-electron chi connectivity index (χ1n) is 7.14. The first kappa shape index (κ1) is 18.2. The number of carbonyl (C=O) groups is 2. The molecule has 0 saturated carbocycles. The minimum absolute atomic E-state index is 0.345. The highest BCUT2D eigenvalue weighted by molar-refractivity contribution is 7.18. The number of carbonyl (C=O) groups excluding carboxylic acids is 2. The predicted octanol–water partition coefficient (Wildman–Crippen LogP) is 2.28. The molecule has 0 spiro atoms. The zero-order valence-corrected chi connectivity index (χ0v) is 14.9. The number of nitrogens with zero attached hydrogens (tertiary/aromatic N) is 2. The predicted molar refractivity (Wildman–Crippen MR) is 93.4 cm³/mol. The largest absolute Gasteiger partial charge is 0.497 e. The number of anilines is 1. The molecule has 0 radical (unpaired) electrons. The van der Waals surface area contributed by atoms with E-state index in [1.807, 2.05) is 24.3 Å². The Morgan fingerprint density at radius 2 is 2.00 bits per heavy atom. The van der Waals surface area contributed by atoms with Crippen molar-refractivity contribution in [1.82, 2.24) is 15.5 Å². The van der Waals surface area contributed by atoms with Crippen LogP contribution in [0.5, 0.6) is 5.75 Å². The van der Waals surface area contributed by atoms with Gasteiger partial charge in [-0.05, 0) is 26.0 Å². The quantitative estimate of drug-likeness (QED) is 0.763. The monoisotopic (exact) mass is 368 g/mol. The van der Waals surface area contributed by atoms with E-state index in [1.54, 1.807) is 14.0 Å². The van der Waals surface area contributed by atoms with Crippen molar-refractivity contribution < 1.29 is 14.3 Å². The topological polar surface area (TPSA) is 93.2 Å². The summed E-state index contributed by atoms with van der Waals surface area (Å²) < 4.78 is 5.17. The maximum absolute atomic E-state index is 12.1. The number of hydrogen-bond acceptors (Lipinski definition) is 6. The summed E-state index contributed by atoms with van der Waals surface area (Å²) in [4.78, 5) is 23.6. The zero-order valence-electron chi connectivity index (χ0n) is 13.4. The second-order valence-electron chi connectivity index (χ2n) is 4.98. The van der Waals surface area contributed by atoms with Gasteiger partial charge in [-0.3, -0.25) is 14.9 Å². The smallest absolute Gasteiger partial charge is 0.248 e. The van der Waals surface area contributed by atoms with Crippen LogP contribution in [0.4, 0.5) is 5.13 Å². The standard InChI is InChI=1S/C15H17ClN4O3S/c1-8(16)12(21)17-9(2)13(22)18-15-20-19-14(24-15)10-5-4-6-11(7-10)23-3/h4-9H,1-3H3,(H,17,21)(H,18,20,22). The average Bonchev–Trinajstić information content (AvgIpc) is 3.03. The Labute approximate surface area is 148 Å². The Balaban J connectivity index is 2.02. The van der Waals surface area contributed by atoms with Crippen molar-refractivity contribution in [2.75, 3.05) is 12.4 Å². The number of aromatic nitrogens is 2. The number of benzene rings is 1. The average molecular weight is 369 g/mol. The van der Waals surface area contributed by atoms with Crippen molar-refractivity contribution in [2.24, 2.45) is 0 Å². The van der Waals surface area contributed by atoms with Gasteiger partial charge in [0.05, 0.1) is 7.11 Å². The Hall–Kier alpha value is -2.19. The van der Waals surface area contributed by atoms with E-state index >= 15 is 0 Å². The minimum Gasteiger partial charge on any atom is -0.497 e. The summed E-state index contributed by atoms with van der Waals surface area (Å²) >= 11 is 6.89. The molecule has 7 nitrogen and oxygen atoms in total. The zero-order chi connectivity index (χ0) is 17.7. The third-order valence-corrected chi connectivity index (χ3v) is 4.17. The summed E-state index contributed by atoms with van der Waals surface area (Å²) in [7, 11) is 1.59. The molecule has 0 aliphatic heterocycles. The Kier molecular flexibility index (Phi) is 6.10. The molecule has 2 N–H and O–H groups in total. The van der Waals surface area contributed by atoms with E-state index in [-0.39, 0.29) is 0 Å². The fraction of sp³-hybridized carbons (Fsp3) is 0.333. The summed E-state index contributed by atoms with van der Waals surface area (Å²) in [5.41, 5.74) is 0.838. The van der Waals surface area contributed by atoms with E-state index < -0.39 is 23.2 Å². The Morgan fingerprint density at radius 1 is 1.25 bits per heavy atom. The van der Waals surface area contributed by atoms with Gasteiger partial charge in [-0.25, -0.2) is 0 Å². The highest BCUT2D eigenvalue weighted by Crippen LogP contribution is 2.28. The highest BCUT2D eigenvalue weighted by Gasteiger charge is 2.19. The molecule has 2 rings (SSSR count). The van der Waals surface area contributed by atoms with Crippen LogP contribution in [0.25, 0.3) is 10.6 Å². The molecule has 1 heterocycles. The molecule has 2 atom stereocenters. The number of nitrogens with one attached hydrogen (secondary N) is 2. The van der Waals surface area contributed by atoms with E-state index in [0.29, 0.717) is 15.9 Å². The lowest BCUT2D eigenvalue weighted by Gasteiger charge is -2.13. The summed E-state index contributed by atoms with van der Waals surface area (Å²) in [6.45, 7) is 3.10. The molecule has 0 aliphatic carbocycles. The van der Waals surface area contributed by atoms with Gasteiger partial charge < -0.3 is 10.1 Å². The van der Waals surface area contributed by atoms with Gasteiger partial charge in [0.2, 0.25) is 16.9 Å². The van der Waals surface area contributed by atoms with Gasteiger partial charge in [0.15, 0.2) is 0 Å². The molecule has 2 amide bonds. The number of hydrogen-bond donors (Lipinski definition) is 2. The normalized spacial score (nSPS) is 13.0. The number of halogens is 1. The molecule has 2 unspecified atom stereocenters. The molecule has 1 aromatic carbocycles. The molecule has 128 valence electrons. The third kappa shape index (κ3) is 4.65. The van der Waals surface area contributed by atoms with Crippen LogP contribution in [-0.4, -0.2) is 40.5 Å². The van der Waals surface area contributed by atoms with Crippen LogP contribution >= 0.6 is 22.9 Å². The maximum Gasteiger partial charge on any atom is 0.248 e. The lowest BCUT2D eigenvalue weighted by molar-refractivity contribution is -0.125. The number of alkyl halides is 1. The van der Waals surface area contributed by atoms with Gasteiger partial charge in [-0.1, -0.05) is 23.5 Å². The van der Waals surface area contributed by atoms with Gasteiger partial charge >= 0.3 is 0 Å². The van der Waals surface area contributed by atoms with Crippen molar-refractivity contribution in [1.29, 1.82) is 0 Å².